The molecular formula is C13H21BrN4O. The molecule has 1 aliphatic heterocycles. The van der Waals surface area contributed by atoms with Crippen LogP contribution >= 0.6 is 15.9 Å². The highest BCUT2D eigenvalue weighted by molar-refractivity contribution is 9.10. The molecular weight excluding hydrogens is 308 g/mol. The molecule has 2 heterocycles. The van der Waals surface area contributed by atoms with E-state index in [2.05, 4.69) is 42.7 Å². The second-order valence-electron chi connectivity index (χ2n) is 4.98. The Hall–Kier alpha value is -0.720. The number of aliphatic hydroxyl groups excluding tert-OH is 1. The lowest BCUT2D eigenvalue weighted by Gasteiger charge is -2.36. The minimum atomic E-state index is 0.274. The highest BCUT2D eigenvalue weighted by Crippen LogP contribution is 2.19. The highest BCUT2D eigenvalue weighted by atomic mass is 79.9. The third-order valence-electron chi connectivity index (χ3n) is 3.65. The van der Waals surface area contributed by atoms with Gasteiger partial charge in [-0.05, 0) is 42.2 Å². The van der Waals surface area contributed by atoms with E-state index >= 15 is 0 Å². The summed E-state index contributed by atoms with van der Waals surface area (Å²) in [5.41, 5.74) is 0. The van der Waals surface area contributed by atoms with Crippen LogP contribution < -0.4 is 4.90 Å². The van der Waals surface area contributed by atoms with Crippen molar-refractivity contribution in [3.63, 3.8) is 0 Å². The van der Waals surface area contributed by atoms with Crippen molar-refractivity contribution in [1.29, 1.82) is 0 Å². The Bertz CT molecular complexity index is 379. The number of aromatic nitrogens is 2. The molecule has 0 spiro atoms. The number of piperidine rings is 1. The number of hydrogen-bond donors (Lipinski definition) is 1. The van der Waals surface area contributed by atoms with Crippen molar-refractivity contribution in [2.45, 2.75) is 25.3 Å². The quantitative estimate of drug-likeness (QED) is 0.888. The molecule has 1 aliphatic rings. The molecule has 1 aromatic rings. The van der Waals surface area contributed by atoms with Gasteiger partial charge in [0.25, 0.3) is 0 Å². The van der Waals surface area contributed by atoms with Crippen LogP contribution in [0, 0.1) is 0 Å². The third kappa shape index (κ3) is 4.12. The lowest BCUT2D eigenvalue weighted by atomic mass is 10.0. The summed E-state index contributed by atoms with van der Waals surface area (Å²) in [4.78, 5) is 13.3. The van der Waals surface area contributed by atoms with E-state index in [1.165, 1.54) is 0 Å². The van der Waals surface area contributed by atoms with Gasteiger partial charge in [-0.15, -0.1) is 0 Å². The minimum absolute atomic E-state index is 0.274. The molecule has 1 saturated heterocycles. The van der Waals surface area contributed by atoms with Crippen LogP contribution in [0.3, 0.4) is 0 Å². The Labute approximate surface area is 122 Å². The van der Waals surface area contributed by atoms with Crippen molar-refractivity contribution < 1.29 is 5.11 Å². The van der Waals surface area contributed by atoms with Gasteiger partial charge in [0, 0.05) is 44.7 Å². The molecule has 6 heteroatoms. The van der Waals surface area contributed by atoms with Crippen molar-refractivity contribution in [2.75, 3.05) is 38.2 Å². The van der Waals surface area contributed by atoms with Gasteiger partial charge in [0.05, 0.1) is 4.47 Å². The Morgan fingerprint density at radius 3 is 2.58 bits per heavy atom. The molecule has 2 rings (SSSR count). The highest BCUT2D eigenvalue weighted by Gasteiger charge is 2.23. The Balaban J connectivity index is 1.83. The van der Waals surface area contributed by atoms with Crippen molar-refractivity contribution in [2.24, 2.45) is 0 Å². The fraction of sp³-hybridized carbons (Fsp3) is 0.692. The number of nitrogens with zero attached hydrogens (tertiary/aromatic N) is 4. The summed E-state index contributed by atoms with van der Waals surface area (Å²) in [5, 5.41) is 8.87. The molecule has 106 valence electrons. The second-order valence-corrected chi connectivity index (χ2v) is 5.89. The SMILES string of the molecule is CN(CCCO)C1CCN(c2ncc(Br)cn2)CC1. The summed E-state index contributed by atoms with van der Waals surface area (Å²) < 4.78 is 0.912. The molecule has 1 aromatic heterocycles. The lowest BCUT2D eigenvalue weighted by molar-refractivity contribution is 0.184. The number of rotatable bonds is 5. The van der Waals surface area contributed by atoms with Gasteiger partial charge < -0.3 is 14.9 Å². The maximum Gasteiger partial charge on any atom is 0.225 e. The van der Waals surface area contributed by atoms with Crippen LogP contribution in [0.25, 0.3) is 0 Å². The fourth-order valence-corrected chi connectivity index (χ4v) is 2.68. The van der Waals surface area contributed by atoms with E-state index in [1.54, 1.807) is 12.4 Å². The number of hydrogen-bond acceptors (Lipinski definition) is 5. The van der Waals surface area contributed by atoms with Gasteiger partial charge in [0.1, 0.15) is 0 Å². The number of aliphatic hydroxyl groups is 1. The van der Waals surface area contributed by atoms with E-state index in [1.807, 2.05) is 0 Å². The van der Waals surface area contributed by atoms with Crippen LogP contribution in [0.2, 0.25) is 0 Å². The van der Waals surface area contributed by atoms with Crippen LogP contribution in [-0.4, -0.2) is 59.3 Å². The average Bonchev–Trinajstić information content (AvgIpc) is 2.46. The van der Waals surface area contributed by atoms with Crippen molar-refractivity contribution in [3.05, 3.63) is 16.9 Å². The van der Waals surface area contributed by atoms with E-state index in [0.717, 1.165) is 49.3 Å². The largest absolute Gasteiger partial charge is 0.396 e. The Kier molecular flexibility index (Phi) is 5.54. The first-order valence-electron chi connectivity index (χ1n) is 6.74. The summed E-state index contributed by atoms with van der Waals surface area (Å²) in [5.74, 6) is 0.819. The van der Waals surface area contributed by atoms with E-state index in [9.17, 15) is 0 Å². The predicted molar refractivity (Wildman–Crippen MR) is 79.3 cm³/mol. The molecule has 0 saturated carbocycles. The normalized spacial score (nSPS) is 17.2. The molecule has 1 fully saturated rings. The molecule has 0 aliphatic carbocycles. The summed E-state index contributed by atoms with van der Waals surface area (Å²) in [6.45, 7) is 3.23. The van der Waals surface area contributed by atoms with Crippen LogP contribution in [0.1, 0.15) is 19.3 Å². The van der Waals surface area contributed by atoms with E-state index in [4.69, 9.17) is 5.11 Å². The maximum atomic E-state index is 8.87. The summed E-state index contributed by atoms with van der Waals surface area (Å²) in [6, 6.07) is 0.609. The minimum Gasteiger partial charge on any atom is -0.396 e. The van der Waals surface area contributed by atoms with E-state index < -0.39 is 0 Å². The first-order chi connectivity index (χ1) is 9.20. The van der Waals surface area contributed by atoms with Crippen LogP contribution in [0.15, 0.2) is 16.9 Å². The molecule has 0 radical (unpaired) electrons. The molecule has 0 bridgehead atoms. The first-order valence-corrected chi connectivity index (χ1v) is 7.53. The van der Waals surface area contributed by atoms with Crippen LogP contribution in [0.4, 0.5) is 5.95 Å². The molecule has 0 amide bonds. The van der Waals surface area contributed by atoms with E-state index in [0.29, 0.717) is 6.04 Å². The van der Waals surface area contributed by atoms with Gasteiger partial charge >= 0.3 is 0 Å². The average molecular weight is 329 g/mol. The van der Waals surface area contributed by atoms with Gasteiger partial charge in [-0.2, -0.15) is 0 Å². The molecule has 0 atom stereocenters. The molecule has 1 N–H and O–H groups in total. The van der Waals surface area contributed by atoms with Crippen LogP contribution in [0.5, 0.6) is 0 Å². The third-order valence-corrected chi connectivity index (χ3v) is 4.06. The van der Waals surface area contributed by atoms with Gasteiger partial charge in [0.2, 0.25) is 5.95 Å². The van der Waals surface area contributed by atoms with Crippen molar-refractivity contribution in [1.82, 2.24) is 14.9 Å². The zero-order valence-corrected chi connectivity index (χ0v) is 12.9. The smallest absolute Gasteiger partial charge is 0.225 e. The number of halogens is 1. The topological polar surface area (TPSA) is 52.5 Å². The maximum absolute atomic E-state index is 8.87. The van der Waals surface area contributed by atoms with Crippen molar-refractivity contribution >= 4 is 21.9 Å². The van der Waals surface area contributed by atoms with Crippen LogP contribution in [-0.2, 0) is 0 Å². The molecule has 5 nitrogen and oxygen atoms in total. The van der Waals surface area contributed by atoms with Gasteiger partial charge in [-0.3, -0.25) is 0 Å². The van der Waals surface area contributed by atoms with Gasteiger partial charge in [-0.25, -0.2) is 9.97 Å². The van der Waals surface area contributed by atoms with Gasteiger partial charge in [-0.1, -0.05) is 0 Å². The lowest BCUT2D eigenvalue weighted by Crippen LogP contribution is -2.44. The van der Waals surface area contributed by atoms with Crippen molar-refractivity contribution in [3.8, 4) is 0 Å². The van der Waals surface area contributed by atoms with Gasteiger partial charge in [0.15, 0.2) is 0 Å². The van der Waals surface area contributed by atoms with E-state index in [-0.39, 0.29) is 6.61 Å². The summed E-state index contributed by atoms with van der Waals surface area (Å²) in [6.07, 6.45) is 6.69. The number of anilines is 1. The molecule has 0 aromatic carbocycles. The molecule has 19 heavy (non-hydrogen) atoms. The monoisotopic (exact) mass is 328 g/mol. The second kappa shape index (κ2) is 7.17. The molecule has 0 unspecified atom stereocenters. The predicted octanol–water partition coefficient (Wildman–Crippen LogP) is 1.52. The Morgan fingerprint density at radius 1 is 1.37 bits per heavy atom. The zero-order valence-electron chi connectivity index (χ0n) is 11.3. The fourth-order valence-electron chi connectivity index (χ4n) is 2.48. The summed E-state index contributed by atoms with van der Waals surface area (Å²) >= 11 is 3.35. The summed E-state index contributed by atoms with van der Waals surface area (Å²) in [7, 11) is 2.14. The first kappa shape index (κ1) is 14.7. The Morgan fingerprint density at radius 2 is 2.00 bits per heavy atom. The zero-order chi connectivity index (χ0) is 13.7. The standard InChI is InChI=1S/C13H21BrN4O/c1-17(5-2-8-19)12-3-6-18(7-4-12)13-15-9-11(14)10-16-13/h9-10,12,19H,2-8H2,1H3.